The number of carbonyl (C=O) groups excluding carboxylic acids is 3. The van der Waals surface area contributed by atoms with Crippen LogP contribution in [0, 0.1) is 10.1 Å². The van der Waals surface area contributed by atoms with E-state index < -0.39 is 22.2 Å². The van der Waals surface area contributed by atoms with E-state index in [1.807, 2.05) is 0 Å². The SMILES string of the molecule is O=C1c2ccccc2C(=O)N1c1cc([N+](=O)[O-])c2c(c1)C1(CCC1)C(=O)C2. The van der Waals surface area contributed by atoms with Gasteiger partial charge in [-0.3, -0.25) is 24.5 Å². The lowest BCUT2D eigenvalue weighted by molar-refractivity contribution is -0.385. The molecule has 2 amide bonds. The average molecular weight is 362 g/mol. The molecular weight excluding hydrogens is 348 g/mol. The fourth-order valence-electron chi connectivity index (χ4n) is 4.53. The number of fused-ring (bicyclic) bond motifs is 3. The van der Waals surface area contributed by atoms with Gasteiger partial charge in [0.15, 0.2) is 0 Å². The minimum absolute atomic E-state index is 0.00800. The molecule has 0 saturated heterocycles. The Balaban J connectivity index is 1.71. The molecular formula is C20H14N2O5. The zero-order valence-electron chi connectivity index (χ0n) is 14.2. The number of benzene rings is 2. The van der Waals surface area contributed by atoms with Gasteiger partial charge >= 0.3 is 0 Å². The summed E-state index contributed by atoms with van der Waals surface area (Å²) < 4.78 is 0. The van der Waals surface area contributed by atoms with E-state index in [1.165, 1.54) is 6.07 Å². The smallest absolute Gasteiger partial charge is 0.275 e. The minimum atomic E-state index is -0.686. The molecule has 0 N–H and O–H groups in total. The Labute approximate surface area is 153 Å². The van der Waals surface area contributed by atoms with Crippen LogP contribution in [0.25, 0.3) is 0 Å². The topological polar surface area (TPSA) is 97.6 Å². The van der Waals surface area contributed by atoms with Gasteiger partial charge in [0.25, 0.3) is 17.5 Å². The van der Waals surface area contributed by atoms with Crippen LogP contribution in [0.3, 0.4) is 0 Å². The Morgan fingerprint density at radius 2 is 1.63 bits per heavy atom. The molecule has 1 fully saturated rings. The molecule has 2 aromatic rings. The maximum Gasteiger partial charge on any atom is 0.275 e. The number of carbonyl (C=O) groups is 3. The molecule has 1 heterocycles. The third-order valence-electron chi connectivity index (χ3n) is 6.05. The van der Waals surface area contributed by atoms with Crippen LogP contribution in [0.15, 0.2) is 36.4 Å². The van der Waals surface area contributed by atoms with Crippen molar-refractivity contribution in [3.05, 3.63) is 68.8 Å². The molecule has 0 atom stereocenters. The van der Waals surface area contributed by atoms with E-state index in [-0.39, 0.29) is 34.7 Å². The summed E-state index contributed by atoms with van der Waals surface area (Å²) in [4.78, 5) is 50.2. The number of hydrogen-bond acceptors (Lipinski definition) is 5. The van der Waals surface area contributed by atoms with E-state index in [1.54, 1.807) is 30.3 Å². The summed E-state index contributed by atoms with van der Waals surface area (Å²) in [5, 5.41) is 11.6. The second kappa shape index (κ2) is 5.09. The largest absolute Gasteiger partial charge is 0.298 e. The van der Waals surface area contributed by atoms with Crippen molar-refractivity contribution in [1.29, 1.82) is 0 Å². The van der Waals surface area contributed by atoms with Crippen LogP contribution in [-0.4, -0.2) is 22.5 Å². The first-order valence-corrected chi connectivity index (χ1v) is 8.77. The van der Waals surface area contributed by atoms with Gasteiger partial charge < -0.3 is 0 Å². The zero-order valence-corrected chi connectivity index (χ0v) is 14.2. The number of amides is 2. The lowest BCUT2D eigenvalue weighted by Crippen LogP contribution is -2.39. The van der Waals surface area contributed by atoms with Crippen molar-refractivity contribution < 1.29 is 19.3 Å². The molecule has 1 aliphatic heterocycles. The molecule has 0 aromatic heterocycles. The Kier molecular flexibility index (Phi) is 2.99. The van der Waals surface area contributed by atoms with E-state index >= 15 is 0 Å². The van der Waals surface area contributed by atoms with Gasteiger partial charge in [-0.15, -0.1) is 0 Å². The predicted molar refractivity (Wildman–Crippen MR) is 94.9 cm³/mol. The van der Waals surface area contributed by atoms with Crippen molar-refractivity contribution in [2.45, 2.75) is 31.1 Å². The first-order chi connectivity index (χ1) is 12.9. The maximum absolute atomic E-state index is 12.8. The van der Waals surface area contributed by atoms with Crippen LogP contribution in [-0.2, 0) is 16.6 Å². The van der Waals surface area contributed by atoms with Crippen molar-refractivity contribution in [2.24, 2.45) is 0 Å². The Hall–Kier alpha value is -3.35. The summed E-state index contributed by atoms with van der Waals surface area (Å²) in [7, 11) is 0. The highest BCUT2D eigenvalue weighted by atomic mass is 16.6. The van der Waals surface area contributed by atoms with Crippen LogP contribution in [0.4, 0.5) is 11.4 Å². The number of imide groups is 1. The van der Waals surface area contributed by atoms with Gasteiger partial charge in [0.1, 0.15) is 5.78 Å². The summed E-state index contributed by atoms with van der Waals surface area (Å²) in [6, 6.07) is 9.34. The highest BCUT2D eigenvalue weighted by molar-refractivity contribution is 6.34. The Morgan fingerprint density at radius 1 is 1.00 bits per heavy atom. The lowest BCUT2D eigenvalue weighted by Gasteiger charge is -2.37. The Bertz CT molecular complexity index is 1050. The van der Waals surface area contributed by atoms with E-state index in [0.717, 1.165) is 11.3 Å². The normalized spacial score (nSPS) is 19.3. The maximum atomic E-state index is 12.8. The molecule has 3 aliphatic rings. The molecule has 1 spiro atoms. The van der Waals surface area contributed by atoms with Crippen molar-refractivity contribution in [3.8, 4) is 0 Å². The van der Waals surface area contributed by atoms with Gasteiger partial charge in [-0.25, -0.2) is 4.90 Å². The molecule has 0 bridgehead atoms. The van der Waals surface area contributed by atoms with Gasteiger partial charge in [0.2, 0.25) is 0 Å². The summed E-state index contributed by atoms with van der Waals surface area (Å²) >= 11 is 0. The first-order valence-electron chi connectivity index (χ1n) is 8.77. The van der Waals surface area contributed by atoms with Crippen LogP contribution in [0.2, 0.25) is 0 Å². The monoisotopic (exact) mass is 362 g/mol. The fraction of sp³-hybridized carbons (Fsp3) is 0.250. The molecule has 0 radical (unpaired) electrons. The van der Waals surface area contributed by atoms with Gasteiger partial charge in [-0.05, 0) is 36.6 Å². The predicted octanol–water partition coefficient (Wildman–Crippen LogP) is 2.94. The van der Waals surface area contributed by atoms with Crippen LogP contribution >= 0.6 is 0 Å². The molecule has 27 heavy (non-hydrogen) atoms. The number of hydrogen-bond donors (Lipinski definition) is 0. The first kappa shape index (κ1) is 15.9. The molecule has 2 aliphatic carbocycles. The number of nitro benzene ring substituents is 1. The van der Waals surface area contributed by atoms with Crippen LogP contribution in [0.1, 0.15) is 51.1 Å². The second-order valence-electron chi connectivity index (χ2n) is 7.28. The van der Waals surface area contributed by atoms with Gasteiger partial charge in [0, 0.05) is 18.1 Å². The van der Waals surface area contributed by atoms with E-state index in [9.17, 15) is 24.5 Å². The quantitative estimate of drug-likeness (QED) is 0.465. The molecule has 7 heteroatoms. The van der Waals surface area contributed by atoms with E-state index in [4.69, 9.17) is 0 Å². The van der Waals surface area contributed by atoms with Crippen LogP contribution < -0.4 is 4.90 Å². The van der Waals surface area contributed by atoms with E-state index in [0.29, 0.717) is 24.0 Å². The third kappa shape index (κ3) is 1.88. The summed E-state index contributed by atoms with van der Waals surface area (Å²) in [6.45, 7) is 0. The number of nitro groups is 1. The van der Waals surface area contributed by atoms with Crippen molar-refractivity contribution in [1.82, 2.24) is 0 Å². The number of ketones is 1. The third-order valence-corrected chi connectivity index (χ3v) is 6.05. The summed E-state index contributed by atoms with van der Waals surface area (Å²) in [6.07, 6.45) is 2.23. The van der Waals surface area contributed by atoms with Crippen LogP contribution in [0.5, 0.6) is 0 Å². The number of Topliss-reactive ketones (excluding diaryl/α,β-unsaturated/α-hetero) is 1. The molecule has 1 saturated carbocycles. The van der Waals surface area contributed by atoms with Crippen molar-refractivity contribution >= 4 is 29.0 Å². The number of anilines is 1. The van der Waals surface area contributed by atoms with Gasteiger partial charge in [-0.2, -0.15) is 0 Å². The number of nitrogens with zero attached hydrogens (tertiary/aromatic N) is 2. The molecule has 5 rings (SSSR count). The van der Waals surface area contributed by atoms with Gasteiger partial charge in [-0.1, -0.05) is 18.6 Å². The average Bonchev–Trinajstić information content (AvgIpc) is 3.05. The standard InChI is InChI=1S/C20H14N2O5/c23-17-10-14-15(20(17)6-3-7-20)8-11(9-16(14)22(26)27)21-18(24)12-4-1-2-5-13(12)19(21)25/h1-2,4-5,8-9H,3,6-7,10H2. The molecule has 7 nitrogen and oxygen atoms in total. The number of rotatable bonds is 2. The van der Waals surface area contributed by atoms with Crippen molar-refractivity contribution in [2.75, 3.05) is 4.90 Å². The van der Waals surface area contributed by atoms with Crippen molar-refractivity contribution in [3.63, 3.8) is 0 Å². The minimum Gasteiger partial charge on any atom is -0.298 e. The highest BCUT2D eigenvalue weighted by Gasteiger charge is 2.53. The molecule has 134 valence electrons. The summed E-state index contributed by atoms with van der Waals surface area (Å²) in [5.41, 5.74) is 0.864. The summed E-state index contributed by atoms with van der Waals surface area (Å²) in [5.74, 6) is -1.01. The molecule has 0 unspecified atom stereocenters. The van der Waals surface area contributed by atoms with E-state index in [2.05, 4.69) is 0 Å². The Morgan fingerprint density at radius 3 is 2.15 bits per heavy atom. The highest BCUT2D eigenvalue weighted by Crippen LogP contribution is 2.53. The lowest BCUT2D eigenvalue weighted by atomic mass is 9.64. The van der Waals surface area contributed by atoms with Gasteiger partial charge in [0.05, 0.1) is 27.2 Å². The molecule has 2 aromatic carbocycles. The fourth-order valence-corrected chi connectivity index (χ4v) is 4.53. The second-order valence-corrected chi connectivity index (χ2v) is 7.28. The zero-order chi connectivity index (χ0) is 18.9.